The number of carbonyl (C=O) groups is 1. The van der Waals surface area contributed by atoms with Crippen molar-refractivity contribution in [2.75, 3.05) is 5.32 Å². The second-order valence-corrected chi connectivity index (χ2v) is 5.47. The Morgan fingerprint density at radius 2 is 1.79 bits per heavy atom. The number of rotatable bonds is 2. The molecule has 19 heavy (non-hydrogen) atoms. The van der Waals surface area contributed by atoms with E-state index < -0.39 is 17.5 Å². The zero-order valence-corrected chi connectivity index (χ0v) is 12.6. The number of carbonyl (C=O) groups excluding carboxylic acids is 1. The molecule has 0 atom stereocenters. The summed E-state index contributed by atoms with van der Waals surface area (Å²) in [5.41, 5.74) is 0.120. The third-order valence-corrected chi connectivity index (χ3v) is 3.53. The van der Waals surface area contributed by atoms with Crippen LogP contribution in [0.2, 0.25) is 0 Å². The fourth-order valence-electron chi connectivity index (χ4n) is 1.45. The first-order chi connectivity index (χ1) is 8.97. The molecule has 6 heteroatoms. The van der Waals surface area contributed by atoms with Crippen LogP contribution >= 0.6 is 31.9 Å². The van der Waals surface area contributed by atoms with Crippen molar-refractivity contribution < 1.29 is 13.6 Å². The first-order valence-electron chi connectivity index (χ1n) is 5.19. The SMILES string of the molecule is O=C(Nc1cc(F)ccc1Br)c1cc(Br)ccc1F. The molecule has 2 rings (SSSR count). The third kappa shape index (κ3) is 3.39. The average Bonchev–Trinajstić information content (AvgIpc) is 2.36. The summed E-state index contributed by atoms with van der Waals surface area (Å²) in [5.74, 6) is -1.79. The van der Waals surface area contributed by atoms with Crippen LogP contribution < -0.4 is 5.32 Å². The van der Waals surface area contributed by atoms with Crippen LogP contribution in [-0.2, 0) is 0 Å². The van der Waals surface area contributed by atoms with E-state index in [0.717, 1.165) is 6.07 Å². The van der Waals surface area contributed by atoms with Crippen molar-refractivity contribution in [3.8, 4) is 0 Å². The van der Waals surface area contributed by atoms with Gasteiger partial charge in [-0.15, -0.1) is 0 Å². The fourth-order valence-corrected chi connectivity index (χ4v) is 2.16. The molecule has 0 saturated carbocycles. The monoisotopic (exact) mass is 389 g/mol. The maximum Gasteiger partial charge on any atom is 0.258 e. The number of hydrogen-bond donors (Lipinski definition) is 1. The molecule has 0 aliphatic carbocycles. The fraction of sp³-hybridized carbons (Fsp3) is 0. The molecule has 0 aromatic heterocycles. The number of anilines is 1. The lowest BCUT2D eigenvalue weighted by Gasteiger charge is -2.08. The van der Waals surface area contributed by atoms with Gasteiger partial charge in [0.1, 0.15) is 11.6 Å². The van der Waals surface area contributed by atoms with Crippen LogP contribution in [-0.4, -0.2) is 5.91 Å². The molecule has 2 nitrogen and oxygen atoms in total. The first-order valence-corrected chi connectivity index (χ1v) is 6.77. The second kappa shape index (κ2) is 5.79. The molecule has 0 fully saturated rings. The molecule has 2 aromatic carbocycles. The summed E-state index contributed by atoms with van der Waals surface area (Å²) in [6.07, 6.45) is 0. The number of halogens is 4. The van der Waals surface area contributed by atoms with Gasteiger partial charge in [-0.3, -0.25) is 4.79 Å². The molecule has 2 aromatic rings. The molecule has 1 N–H and O–H groups in total. The average molecular weight is 391 g/mol. The first kappa shape index (κ1) is 14.1. The van der Waals surface area contributed by atoms with E-state index >= 15 is 0 Å². The Labute approximate surface area is 125 Å². The Morgan fingerprint density at radius 3 is 2.53 bits per heavy atom. The van der Waals surface area contributed by atoms with E-state index in [9.17, 15) is 13.6 Å². The van der Waals surface area contributed by atoms with Crippen molar-refractivity contribution in [2.24, 2.45) is 0 Å². The Hall–Kier alpha value is -1.27. The van der Waals surface area contributed by atoms with E-state index in [1.165, 1.54) is 30.3 Å². The molecule has 0 unspecified atom stereocenters. The molecule has 0 bridgehead atoms. The third-order valence-electron chi connectivity index (χ3n) is 2.35. The van der Waals surface area contributed by atoms with Gasteiger partial charge in [-0.05, 0) is 52.3 Å². The van der Waals surface area contributed by atoms with E-state index in [4.69, 9.17) is 0 Å². The Balaban J connectivity index is 2.30. The lowest BCUT2D eigenvalue weighted by molar-refractivity contribution is 0.102. The van der Waals surface area contributed by atoms with Crippen molar-refractivity contribution in [1.82, 2.24) is 0 Å². The van der Waals surface area contributed by atoms with Crippen molar-refractivity contribution in [3.63, 3.8) is 0 Å². The highest BCUT2D eigenvalue weighted by Gasteiger charge is 2.14. The van der Waals surface area contributed by atoms with E-state index in [2.05, 4.69) is 37.2 Å². The van der Waals surface area contributed by atoms with E-state index in [1.54, 1.807) is 0 Å². The van der Waals surface area contributed by atoms with Crippen molar-refractivity contribution in [3.05, 3.63) is 62.5 Å². The summed E-state index contributed by atoms with van der Waals surface area (Å²) in [6, 6.07) is 7.89. The Morgan fingerprint density at radius 1 is 1.05 bits per heavy atom. The van der Waals surface area contributed by atoms with Gasteiger partial charge in [-0.1, -0.05) is 15.9 Å². The zero-order valence-electron chi connectivity index (χ0n) is 9.38. The summed E-state index contributed by atoms with van der Waals surface area (Å²) < 4.78 is 27.7. The number of hydrogen-bond acceptors (Lipinski definition) is 1. The quantitative estimate of drug-likeness (QED) is 0.788. The van der Waals surface area contributed by atoms with Crippen LogP contribution in [0.4, 0.5) is 14.5 Å². The number of amides is 1. The molecule has 0 saturated heterocycles. The van der Waals surface area contributed by atoms with Crippen molar-refractivity contribution >= 4 is 43.5 Å². The van der Waals surface area contributed by atoms with Gasteiger partial charge < -0.3 is 5.32 Å². The maximum absolute atomic E-state index is 13.5. The van der Waals surface area contributed by atoms with Crippen molar-refractivity contribution in [2.45, 2.75) is 0 Å². The standard InChI is InChI=1S/C13H7Br2F2NO/c14-7-1-4-11(17)9(5-7)13(19)18-12-6-8(16)2-3-10(12)15/h1-6H,(H,18,19). The van der Waals surface area contributed by atoms with Crippen LogP contribution in [0.15, 0.2) is 45.3 Å². The second-order valence-electron chi connectivity index (χ2n) is 3.70. The van der Waals surface area contributed by atoms with Gasteiger partial charge in [0.15, 0.2) is 0 Å². The van der Waals surface area contributed by atoms with Crippen LogP contribution in [0.1, 0.15) is 10.4 Å². The summed E-state index contributed by atoms with van der Waals surface area (Å²) >= 11 is 6.34. The van der Waals surface area contributed by atoms with E-state index in [0.29, 0.717) is 8.95 Å². The molecule has 0 aliphatic rings. The minimum absolute atomic E-state index is 0.120. The molecule has 0 spiro atoms. The van der Waals surface area contributed by atoms with Crippen LogP contribution in [0.3, 0.4) is 0 Å². The van der Waals surface area contributed by atoms with Gasteiger partial charge in [0.2, 0.25) is 0 Å². The van der Waals surface area contributed by atoms with Crippen LogP contribution in [0, 0.1) is 11.6 Å². The molecule has 0 aliphatic heterocycles. The lowest BCUT2D eigenvalue weighted by Crippen LogP contribution is -2.14. The predicted molar refractivity (Wildman–Crippen MR) is 76.2 cm³/mol. The molecule has 98 valence electrons. The lowest BCUT2D eigenvalue weighted by atomic mass is 10.2. The van der Waals surface area contributed by atoms with Gasteiger partial charge in [0.25, 0.3) is 5.91 Å². The predicted octanol–water partition coefficient (Wildman–Crippen LogP) is 4.74. The highest BCUT2D eigenvalue weighted by Crippen LogP contribution is 2.24. The molecule has 1 amide bonds. The van der Waals surface area contributed by atoms with Crippen molar-refractivity contribution in [1.29, 1.82) is 0 Å². The number of benzene rings is 2. The highest BCUT2D eigenvalue weighted by atomic mass is 79.9. The van der Waals surface area contributed by atoms with Gasteiger partial charge in [0.05, 0.1) is 11.3 Å². The highest BCUT2D eigenvalue weighted by molar-refractivity contribution is 9.10. The van der Waals surface area contributed by atoms with Gasteiger partial charge in [-0.2, -0.15) is 0 Å². The summed E-state index contributed by atoms with van der Waals surface area (Å²) in [5, 5.41) is 2.45. The van der Waals surface area contributed by atoms with Gasteiger partial charge >= 0.3 is 0 Å². The minimum Gasteiger partial charge on any atom is -0.321 e. The summed E-state index contributed by atoms with van der Waals surface area (Å²) in [7, 11) is 0. The van der Waals surface area contributed by atoms with Gasteiger partial charge in [0, 0.05) is 8.95 Å². The van der Waals surface area contributed by atoms with Crippen LogP contribution in [0.25, 0.3) is 0 Å². The molecular formula is C13H7Br2F2NO. The summed E-state index contributed by atoms with van der Waals surface area (Å²) in [4.78, 5) is 11.9. The normalized spacial score (nSPS) is 10.3. The Kier molecular flexibility index (Phi) is 4.31. The Bertz CT molecular complexity index is 647. The molecule has 0 radical (unpaired) electrons. The van der Waals surface area contributed by atoms with E-state index in [1.807, 2.05) is 0 Å². The molecular weight excluding hydrogens is 384 g/mol. The number of nitrogens with one attached hydrogen (secondary N) is 1. The smallest absolute Gasteiger partial charge is 0.258 e. The maximum atomic E-state index is 13.5. The molecule has 0 heterocycles. The van der Waals surface area contributed by atoms with Gasteiger partial charge in [-0.25, -0.2) is 8.78 Å². The zero-order chi connectivity index (χ0) is 14.0. The summed E-state index contributed by atoms with van der Waals surface area (Å²) in [6.45, 7) is 0. The van der Waals surface area contributed by atoms with E-state index in [-0.39, 0.29) is 11.3 Å². The topological polar surface area (TPSA) is 29.1 Å². The van der Waals surface area contributed by atoms with Crippen LogP contribution in [0.5, 0.6) is 0 Å². The largest absolute Gasteiger partial charge is 0.321 e. The minimum atomic E-state index is -0.648.